The normalized spacial score (nSPS) is 38.5. The van der Waals surface area contributed by atoms with Crippen LogP contribution >= 0.6 is 0 Å². The molecule has 2 aliphatic heterocycles. The van der Waals surface area contributed by atoms with Gasteiger partial charge in [0.25, 0.3) is 0 Å². The first-order valence-electron chi connectivity index (χ1n) is 11.8. The van der Waals surface area contributed by atoms with Gasteiger partial charge in [0.15, 0.2) is 0 Å². The lowest BCUT2D eigenvalue weighted by Crippen LogP contribution is -2.58. The van der Waals surface area contributed by atoms with Crippen molar-refractivity contribution < 1.29 is 31.1 Å². The van der Waals surface area contributed by atoms with E-state index in [1.54, 1.807) is 6.92 Å². The number of amides is 1. The first kappa shape index (κ1) is 25.0. The number of alkyl halides is 1. The minimum Gasteiger partial charge on any atom is -0.391 e. The maximum Gasteiger partial charge on any atom is 0.304 e. The number of hydrogen-bond donors (Lipinski definition) is 2. The van der Waals surface area contributed by atoms with Crippen molar-refractivity contribution in [2.75, 3.05) is 19.6 Å². The molecule has 4 aliphatic rings. The molecule has 7 atom stereocenters. The number of carbonyl (C=O) groups excluding carboxylic acids is 1. The molecule has 0 radical (unpaired) electrons. The molecule has 1 saturated heterocycles. The Hall–Kier alpha value is -1.08. The van der Waals surface area contributed by atoms with Crippen LogP contribution in [0.15, 0.2) is 11.6 Å². The van der Waals surface area contributed by atoms with Crippen LogP contribution in [0.5, 0.6) is 0 Å². The summed E-state index contributed by atoms with van der Waals surface area (Å²) in [5.74, 6) is -1.22. The fourth-order valence-electron chi connectivity index (χ4n) is 6.13. The highest BCUT2D eigenvalue weighted by molar-refractivity contribution is 7.89. The van der Waals surface area contributed by atoms with Crippen LogP contribution in [0, 0.1) is 17.8 Å². The van der Waals surface area contributed by atoms with E-state index in [2.05, 4.69) is 0 Å². The zero-order chi connectivity index (χ0) is 24.1. The van der Waals surface area contributed by atoms with Gasteiger partial charge in [-0.2, -0.15) is 17.0 Å². The van der Waals surface area contributed by atoms with Crippen molar-refractivity contribution in [1.29, 1.82) is 0 Å². The average Bonchev–Trinajstić information content (AvgIpc) is 3.33. The summed E-state index contributed by atoms with van der Waals surface area (Å²) in [6, 6.07) is -1.29. The van der Waals surface area contributed by atoms with E-state index in [-0.39, 0.29) is 18.3 Å². The molecule has 12 heteroatoms. The molecule has 188 valence electrons. The number of aliphatic hydroxyl groups excluding tert-OH is 1. The Morgan fingerprint density at radius 3 is 2.64 bits per heavy atom. The average molecular weight is 508 g/mol. The van der Waals surface area contributed by atoms with Gasteiger partial charge in [-0.05, 0) is 56.8 Å². The molecule has 2 aliphatic carbocycles. The van der Waals surface area contributed by atoms with E-state index in [4.69, 9.17) is 0 Å². The van der Waals surface area contributed by atoms with Gasteiger partial charge >= 0.3 is 10.2 Å². The largest absolute Gasteiger partial charge is 0.391 e. The smallest absolute Gasteiger partial charge is 0.304 e. The highest BCUT2D eigenvalue weighted by Crippen LogP contribution is 2.48. The quantitative estimate of drug-likeness (QED) is 0.516. The Morgan fingerprint density at radius 2 is 2.00 bits per heavy atom. The molecule has 0 aromatic carbocycles. The van der Waals surface area contributed by atoms with Crippen molar-refractivity contribution in [3.8, 4) is 0 Å². The van der Waals surface area contributed by atoms with Gasteiger partial charge in [0.2, 0.25) is 15.9 Å². The predicted molar refractivity (Wildman–Crippen MR) is 120 cm³/mol. The molecule has 3 fully saturated rings. The first-order chi connectivity index (χ1) is 15.5. The number of carbonyl (C=O) groups is 1. The standard InChI is InChI=1S/C21H34FN3O6S2/c1-3-4-13(2)32(28,29)24-8-7-16(11-24)14-5-6-15-10-18(26)21(20(22)17(15)9-14)25-12-19(27)23-33(25,30)31/h7,13-15,17-18,20-21,26H,3-6,8-12H2,1-2H3,(H,23,27). The SMILES string of the molecule is CCCC(C)S(=O)(=O)N1CC=C(C2CCC3CC(O)C(N4CC(=O)NS4(=O)=O)C(F)C3C2)C1. The number of fused-ring (bicyclic) bond motifs is 1. The van der Waals surface area contributed by atoms with Gasteiger partial charge in [-0.15, -0.1) is 0 Å². The lowest BCUT2D eigenvalue weighted by atomic mass is 9.63. The van der Waals surface area contributed by atoms with Crippen molar-refractivity contribution in [2.45, 2.75) is 75.9 Å². The van der Waals surface area contributed by atoms with E-state index < -0.39 is 62.2 Å². The highest BCUT2D eigenvalue weighted by atomic mass is 32.2. The van der Waals surface area contributed by atoms with E-state index in [1.807, 2.05) is 17.7 Å². The van der Waals surface area contributed by atoms with Crippen molar-refractivity contribution >= 4 is 26.1 Å². The maximum atomic E-state index is 15.7. The molecule has 9 nitrogen and oxygen atoms in total. The van der Waals surface area contributed by atoms with Gasteiger partial charge in [-0.3, -0.25) is 4.79 Å². The second-order valence-corrected chi connectivity index (χ2v) is 13.9. The number of nitrogens with zero attached hydrogens (tertiary/aromatic N) is 2. The summed E-state index contributed by atoms with van der Waals surface area (Å²) < 4.78 is 70.1. The molecule has 2 N–H and O–H groups in total. The van der Waals surface area contributed by atoms with Gasteiger partial charge in [0.05, 0.1) is 23.9 Å². The Balaban J connectivity index is 1.46. The predicted octanol–water partition coefficient (Wildman–Crippen LogP) is 0.927. The Morgan fingerprint density at radius 1 is 1.27 bits per heavy atom. The maximum absolute atomic E-state index is 15.7. The Bertz CT molecular complexity index is 1020. The molecule has 2 heterocycles. The number of sulfonamides is 1. The summed E-state index contributed by atoms with van der Waals surface area (Å²) in [6.07, 6.45) is 2.81. The number of aliphatic hydroxyl groups is 1. The summed E-state index contributed by atoms with van der Waals surface area (Å²) in [5.41, 5.74) is 1.00. The zero-order valence-electron chi connectivity index (χ0n) is 19.1. The summed E-state index contributed by atoms with van der Waals surface area (Å²) in [7, 11) is -7.55. The van der Waals surface area contributed by atoms with Crippen LogP contribution in [0.3, 0.4) is 0 Å². The number of halogens is 1. The van der Waals surface area contributed by atoms with Gasteiger partial charge in [0.1, 0.15) is 6.17 Å². The molecular weight excluding hydrogens is 473 g/mol. The van der Waals surface area contributed by atoms with Gasteiger partial charge in [0, 0.05) is 13.1 Å². The third-order valence-electron chi connectivity index (χ3n) is 7.91. The number of nitrogens with one attached hydrogen (secondary N) is 1. The van der Waals surface area contributed by atoms with E-state index in [0.717, 1.165) is 22.7 Å². The molecule has 0 spiro atoms. The molecule has 0 aromatic rings. The van der Waals surface area contributed by atoms with Crippen LogP contribution in [0.2, 0.25) is 0 Å². The van der Waals surface area contributed by atoms with Crippen molar-refractivity contribution in [3.63, 3.8) is 0 Å². The van der Waals surface area contributed by atoms with Crippen molar-refractivity contribution in [3.05, 3.63) is 11.6 Å². The van der Waals surface area contributed by atoms with E-state index >= 15 is 4.39 Å². The summed E-state index contributed by atoms with van der Waals surface area (Å²) in [4.78, 5) is 11.6. The summed E-state index contributed by atoms with van der Waals surface area (Å²) in [5, 5.41) is 10.1. The minimum absolute atomic E-state index is 0.0250. The van der Waals surface area contributed by atoms with E-state index in [0.29, 0.717) is 32.4 Å². The molecule has 4 rings (SSSR count). The molecule has 2 saturated carbocycles. The first-order valence-corrected chi connectivity index (χ1v) is 14.7. The minimum atomic E-state index is -4.16. The molecule has 0 aromatic heterocycles. The van der Waals surface area contributed by atoms with Crippen LogP contribution in [-0.4, -0.2) is 79.7 Å². The Kier molecular flexibility index (Phi) is 6.96. The zero-order valence-corrected chi connectivity index (χ0v) is 20.7. The second kappa shape index (κ2) is 9.18. The fraction of sp³-hybridized carbons (Fsp3) is 0.857. The monoisotopic (exact) mass is 507 g/mol. The Labute approximate surface area is 195 Å². The summed E-state index contributed by atoms with van der Waals surface area (Å²) >= 11 is 0. The van der Waals surface area contributed by atoms with Crippen molar-refractivity contribution in [2.24, 2.45) is 17.8 Å². The van der Waals surface area contributed by atoms with Crippen LogP contribution in [0.25, 0.3) is 0 Å². The van der Waals surface area contributed by atoms with Gasteiger partial charge < -0.3 is 5.11 Å². The van der Waals surface area contributed by atoms with E-state index in [1.165, 1.54) is 4.31 Å². The van der Waals surface area contributed by atoms with Crippen LogP contribution < -0.4 is 4.72 Å². The van der Waals surface area contributed by atoms with E-state index in [9.17, 15) is 26.7 Å². The van der Waals surface area contributed by atoms with Gasteiger partial charge in [-0.25, -0.2) is 17.5 Å². The molecule has 7 unspecified atom stereocenters. The lowest BCUT2D eigenvalue weighted by Gasteiger charge is -2.48. The molecular formula is C21H34FN3O6S2. The molecule has 0 bridgehead atoms. The van der Waals surface area contributed by atoms with Gasteiger partial charge in [-0.1, -0.05) is 25.0 Å². The third-order valence-corrected chi connectivity index (χ3v) is 11.6. The molecule has 33 heavy (non-hydrogen) atoms. The van der Waals surface area contributed by atoms with Crippen LogP contribution in [0.1, 0.15) is 52.4 Å². The summed E-state index contributed by atoms with van der Waals surface area (Å²) in [6.45, 7) is 3.85. The highest BCUT2D eigenvalue weighted by Gasteiger charge is 2.54. The second-order valence-electron chi connectivity index (χ2n) is 9.96. The van der Waals surface area contributed by atoms with Crippen LogP contribution in [-0.2, 0) is 25.0 Å². The third kappa shape index (κ3) is 4.61. The fourth-order valence-corrected chi connectivity index (χ4v) is 9.12. The van der Waals surface area contributed by atoms with Crippen LogP contribution in [0.4, 0.5) is 4.39 Å². The number of rotatable bonds is 6. The van der Waals surface area contributed by atoms with Crippen molar-refractivity contribution in [1.82, 2.24) is 13.3 Å². The number of hydrogen-bond acceptors (Lipinski definition) is 6. The topological polar surface area (TPSA) is 124 Å². The molecule has 1 amide bonds. The lowest BCUT2D eigenvalue weighted by molar-refractivity contribution is -0.119.